The second kappa shape index (κ2) is 5.95. The van der Waals surface area contributed by atoms with E-state index < -0.39 is 17.6 Å². The van der Waals surface area contributed by atoms with Gasteiger partial charge in [0, 0.05) is 21.7 Å². The second-order valence-corrected chi connectivity index (χ2v) is 7.07. The quantitative estimate of drug-likeness (QED) is 0.517. The number of hydrogen-bond acceptors (Lipinski definition) is 4. The molecule has 2 aromatic carbocycles. The maximum atomic E-state index is 13.0. The number of aromatic nitrogens is 1. The lowest BCUT2D eigenvalue weighted by Gasteiger charge is -2.09. The van der Waals surface area contributed by atoms with Gasteiger partial charge in [-0.1, -0.05) is 24.3 Å². The molecule has 0 radical (unpaired) electrons. The van der Waals surface area contributed by atoms with Crippen LogP contribution < -0.4 is 11.5 Å². The van der Waals surface area contributed by atoms with Crippen LogP contribution >= 0.6 is 11.3 Å². The summed E-state index contributed by atoms with van der Waals surface area (Å²) in [5.41, 5.74) is 12.0. The molecular formula is C19H12F3N3OS. The third-order valence-electron chi connectivity index (χ3n) is 4.31. The number of carbonyl (C=O) groups is 1. The molecule has 136 valence electrons. The highest BCUT2D eigenvalue weighted by Crippen LogP contribution is 2.40. The molecule has 0 bridgehead atoms. The Balaban J connectivity index is 1.94. The lowest BCUT2D eigenvalue weighted by molar-refractivity contribution is -0.137. The number of carbonyl (C=O) groups excluding carboxylic acids is 1. The number of nitrogen functional groups attached to an aromatic ring is 1. The Bertz CT molecular complexity index is 1210. The fourth-order valence-electron chi connectivity index (χ4n) is 3.03. The number of alkyl halides is 3. The minimum atomic E-state index is -4.41. The highest BCUT2D eigenvalue weighted by molar-refractivity contribution is 7.26. The number of nitrogens with zero attached hydrogens (tertiary/aromatic N) is 1. The van der Waals surface area contributed by atoms with Crippen LogP contribution in [0.4, 0.5) is 19.0 Å². The molecule has 0 saturated carbocycles. The molecular weight excluding hydrogens is 375 g/mol. The predicted octanol–water partition coefficient (Wildman–Crippen LogP) is 4.82. The van der Waals surface area contributed by atoms with E-state index in [4.69, 9.17) is 11.5 Å². The summed E-state index contributed by atoms with van der Waals surface area (Å²) in [6.07, 6.45) is -3.07. The highest BCUT2D eigenvalue weighted by atomic mass is 32.1. The summed E-state index contributed by atoms with van der Waals surface area (Å²) in [5.74, 6) is -0.342. The molecule has 4 rings (SSSR count). The van der Waals surface area contributed by atoms with Gasteiger partial charge in [-0.05, 0) is 29.3 Å². The van der Waals surface area contributed by atoms with E-state index in [0.717, 1.165) is 22.2 Å². The van der Waals surface area contributed by atoms with Gasteiger partial charge < -0.3 is 11.5 Å². The van der Waals surface area contributed by atoms with Crippen LogP contribution in [-0.4, -0.2) is 10.9 Å². The van der Waals surface area contributed by atoms with Crippen LogP contribution in [0.1, 0.15) is 15.9 Å². The molecule has 0 spiro atoms. The van der Waals surface area contributed by atoms with Crippen molar-refractivity contribution in [2.45, 2.75) is 6.18 Å². The van der Waals surface area contributed by atoms with Crippen LogP contribution in [0.15, 0.2) is 48.7 Å². The molecule has 0 aliphatic heterocycles. The van der Waals surface area contributed by atoms with Gasteiger partial charge in [0.1, 0.15) is 5.82 Å². The third kappa shape index (κ3) is 2.87. The molecule has 4 nitrogen and oxygen atoms in total. The third-order valence-corrected chi connectivity index (χ3v) is 5.50. The number of amides is 1. The summed E-state index contributed by atoms with van der Waals surface area (Å²) in [7, 11) is 0. The minimum Gasteiger partial charge on any atom is -0.383 e. The zero-order chi connectivity index (χ0) is 19.3. The number of hydrogen-bond donors (Lipinski definition) is 2. The maximum Gasteiger partial charge on any atom is 0.416 e. The molecule has 0 aliphatic carbocycles. The number of fused-ring (bicyclic) bond motifs is 3. The average molecular weight is 387 g/mol. The number of thiophene rings is 1. The number of primary amides is 1. The van der Waals surface area contributed by atoms with Gasteiger partial charge in [-0.15, -0.1) is 11.3 Å². The minimum absolute atomic E-state index is 0.265. The fraction of sp³-hybridized carbons (Fsp3) is 0.0526. The van der Waals surface area contributed by atoms with Crippen molar-refractivity contribution in [3.05, 3.63) is 59.8 Å². The standard InChI is InChI=1S/C19H12F3N3OS/c20-19(21,22)11-3-1-2-9(6-11)10-4-5-12-14(7-10)27-16-13(18(24)26)8-25-17(23)15(12)16/h1-8H,(H2,23,25)(H2,24,26). The lowest BCUT2D eigenvalue weighted by atomic mass is 10.0. The summed E-state index contributed by atoms with van der Waals surface area (Å²) in [6.45, 7) is 0. The second-order valence-electron chi connectivity index (χ2n) is 6.02. The van der Waals surface area contributed by atoms with Crippen LogP contribution in [0.2, 0.25) is 0 Å². The number of halogens is 3. The van der Waals surface area contributed by atoms with E-state index >= 15 is 0 Å². The van der Waals surface area contributed by atoms with E-state index in [-0.39, 0.29) is 11.4 Å². The van der Waals surface area contributed by atoms with E-state index in [2.05, 4.69) is 4.98 Å². The summed E-state index contributed by atoms with van der Waals surface area (Å²) < 4.78 is 40.3. The summed E-state index contributed by atoms with van der Waals surface area (Å²) in [4.78, 5) is 15.7. The van der Waals surface area contributed by atoms with Crippen molar-refractivity contribution in [1.29, 1.82) is 0 Å². The van der Waals surface area contributed by atoms with Gasteiger partial charge in [0.05, 0.1) is 15.8 Å². The molecule has 0 saturated heterocycles. The first kappa shape index (κ1) is 17.3. The Morgan fingerprint density at radius 2 is 1.81 bits per heavy atom. The van der Waals surface area contributed by atoms with E-state index in [0.29, 0.717) is 21.2 Å². The van der Waals surface area contributed by atoms with Crippen LogP contribution in [-0.2, 0) is 6.18 Å². The van der Waals surface area contributed by atoms with E-state index in [9.17, 15) is 18.0 Å². The largest absolute Gasteiger partial charge is 0.416 e. The van der Waals surface area contributed by atoms with Crippen LogP contribution in [0.5, 0.6) is 0 Å². The number of benzene rings is 2. The molecule has 0 aliphatic rings. The number of anilines is 1. The highest BCUT2D eigenvalue weighted by Gasteiger charge is 2.30. The molecule has 0 atom stereocenters. The van der Waals surface area contributed by atoms with Crippen LogP contribution in [0.3, 0.4) is 0 Å². The maximum absolute atomic E-state index is 13.0. The Morgan fingerprint density at radius 1 is 1.07 bits per heavy atom. The molecule has 4 aromatic rings. The summed E-state index contributed by atoms with van der Waals surface area (Å²) in [6, 6.07) is 10.4. The van der Waals surface area contributed by atoms with Crippen LogP contribution in [0.25, 0.3) is 31.3 Å². The first-order valence-electron chi connectivity index (χ1n) is 7.84. The molecule has 0 unspecified atom stereocenters. The van der Waals surface area contributed by atoms with Gasteiger partial charge in [0.2, 0.25) is 0 Å². The molecule has 4 N–H and O–H groups in total. The SMILES string of the molecule is NC(=O)c1cnc(N)c2c1sc1cc(-c3cccc(C(F)(F)F)c3)ccc12. The van der Waals surface area contributed by atoms with Crippen molar-refractivity contribution in [3.63, 3.8) is 0 Å². The smallest absolute Gasteiger partial charge is 0.383 e. The van der Waals surface area contributed by atoms with Crippen molar-refractivity contribution < 1.29 is 18.0 Å². The molecule has 27 heavy (non-hydrogen) atoms. The van der Waals surface area contributed by atoms with Crippen molar-refractivity contribution in [3.8, 4) is 11.1 Å². The zero-order valence-corrected chi connectivity index (χ0v) is 14.5. The Labute approximate surface area is 155 Å². The number of rotatable bonds is 2. The van der Waals surface area contributed by atoms with Gasteiger partial charge in [0.15, 0.2) is 0 Å². The van der Waals surface area contributed by atoms with Crippen molar-refractivity contribution >= 4 is 43.2 Å². The number of nitrogens with two attached hydrogens (primary N) is 2. The first-order valence-corrected chi connectivity index (χ1v) is 8.65. The fourth-order valence-corrected chi connectivity index (χ4v) is 4.29. The van der Waals surface area contributed by atoms with E-state index in [1.807, 2.05) is 0 Å². The number of pyridine rings is 1. The monoisotopic (exact) mass is 387 g/mol. The van der Waals surface area contributed by atoms with Gasteiger partial charge in [-0.3, -0.25) is 4.79 Å². The Kier molecular flexibility index (Phi) is 3.81. The molecule has 1 amide bonds. The predicted molar refractivity (Wildman–Crippen MR) is 100 cm³/mol. The van der Waals surface area contributed by atoms with E-state index in [1.165, 1.54) is 23.6 Å². The van der Waals surface area contributed by atoms with Crippen LogP contribution in [0, 0.1) is 0 Å². The van der Waals surface area contributed by atoms with Crippen molar-refractivity contribution in [2.75, 3.05) is 5.73 Å². The van der Waals surface area contributed by atoms with Crippen molar-refractivity contribution in [2.24, 2.45) is 5.73 Å². The zero-order valence-electron chi connectivity index (χ0n) is 13.7. The van der Waals surface area contributed by atoms with Crippen molar-refractivity contribution in [1.82, 2.24) is 4.98 Å². The molecule has 2 aromatic heterocycles. The lowest BCUT2D eigenvalue weighted by Crippen LogP contribution is -2.11. The summed E-state index contributed by atoms with van der Waals surface area (Å²) >= 11 is 1.31. The van der Waals surface area contributed by atoms with Gasteiger partial charge in [0.25, 0.3) is 5.91 Å². The summed E-state index contributed by atoms with van der Waals surface area (Å²) in [5, 5.41) is 1.40. The van der Waals surface area contributed by atoms with Gasteiger partial charge in [-0.25, -0.2) is 4.98 Å². The molecule has 8 heteroatoms. The normalized spacial score (nSPS) is 12.0. The molecule has 2 heterocycles. The molecule has 0 fully saturated rings. The Hall–Kier alpha value is -3.13. The van der Waals surface area contributed by atoms with Gasteiger partial charge >= 0.3 is 6.18 Å². The van der Waals surface area contributed by atoms with Gasteiger partial charge in [-0.2, -0.15) is 13.2 Å². The Morgan fingerprint density at radius 3 is 2.52 bits per heavy atom. The first-order chi connectivity index (χ1) is 12.8. The average Bonchev–Trinajstić information content (AvgIpc) is 3.00. The topological polar surface area (TPSA) is 82.0 Å². The van der Waals surface area contributed by atoms with E-state index in [1.54, 1.807) is 24.3 Å².